The molecule has 3 nitrogen and oxygen atoms in total. The first-order valence-corrected chi connectivity index (χ1v) is 7.95. The second-order valence-corrected chi connectivity index (χ2v) is 7.09. The quantitative estimate of drug-likeness (QED) is 0.643. The molecule has 1 heterocycles. The van der Waals surface area contributed by atoms with E-state index in [1.54, 1.807) is 0 Å². The molecule has 0 bridgehead atoms. The Bertz CT molecular complexity index is 357. The summed E-state index contributed by atoms with van der Waals surface area (Å²) in [7, 11) is 0. The summed E-state index contributed by atoms with van der Waals surface area (Å²) in [6.07, 6.45) is 3.05. The maximum absolute atomic E-state index is 8.74. The van der Waals surface area contributed by atoms with Crippen molar-refractivity contribution in [3.05, 3.63) is 21.9 Å². The fourth-order valence-corrected chi connectivity index (χ4v) is 3.09. The summed E-state index contributed by atoms with van der Waals surface area (Å²) in [5.41, 5.74) is 6.08. The van der Waals surface area contributed by atoms with Crippen molar-refractivity contribution in [3.8, 4) is 0 Å². The predicted octanol–water partition coefficient (Wildman–Crippen LogP) is 2.80. The van der Waals surface area contributed by atoms with Gasteiger partial charge in [-0.3, -0.25) is 0 Å². The molecule has 0 aliphatic carbocycles. The first kappa shape index (κ1) is 16.6. The van der Waals surface area contributed by atoms with E-state index < -0.39 is 0 Å². The molecule has 0 aliphatic rings. The van der Waals surface area contributed by atoms with Crippen molar-refractivity contribution in [3.63, 3.8) is 0 Å². The fourth-order valence-electron chi connectivity index (χ4n) is 1.93. The van der Waals surface area contributed by atoms with E-state index in [1.807, 2.05) is 11.3 Å². The summed E-state index contributed by atoms with van der Waals surface area (Å²) < 4.78 is 0. The maximum Gasteiger partial charge on any atom is 0.0539 e. The zero-order chi connectivity index (χ0) is 14.3. The summed E-state index contributed by atoms with van der Waals surface area (Å²) in [4.78, 5) is 2.73. The van der Waals surface area contributed by atoms with Crippen LogP contribution in [-0.4, -0.2) is 24.8 Å². The molecule has 1 aromatic heterocycles. The minimum absolute atomic E-state index is 0.211. The van der Waals surface area contributed by atoms with Crippen LogP contribution in [0.4, 0.5) is 0 Å². The van der Waals surface area contributed by atoms with Crippen LogP contribution >= 0.6 is 11.3 Å². The third kappa shape index (κ3) is 5.61. The van der Waals surface area contributed by atoms with E-state index in [1.165, 1.54) is 9.75 Å². The molecule has 0 spiro atoms. The largest absolute Gasteiger partial charge is 0.396 e. The van der Waals surface area contributed by atoms with Gasteiger partial charge in [-0.2, -0.15) is 0 Å². The highest BCUT2D eigenvalue weighted by Gasteiger charge is 2.18. The molecule has 110 valence electrons. The zero-order valence-corrected chi connectivity index (χ0v) is 13.2. The van der Waals surface area contributed by atoms with Crippen LogP contribution in [0, 0.1) is 0 Å². The molecule has 0 radical (unpaired) electrons. The van der Waals surface area contributed by atoms with Gasteiger partial charge in [0.05, 0.1) is 6.04 Å². The van der Waals surface area contributed by atoms with Gasteiger partial charge in [-0.15, -0.1) is 11.3 Å². The standard InChI is InChI=1S/C15H28N2OS/c1-15(2,3)14-8-7-13(19-14)12(11-16)17-9-5-4-6-10-18/h7-8,12,17-18H,4-6,9-11,16H2,1-3H3. The Kier molecular flexibility index (Phi) is 7.00. The van der Waals surface area contributed by atoms with Crippen LogP contribution in [0.5, 0.6) is 0 Å². The number of nitrogens with two attached hydrogens (primary N) is 1. The minimum atomic E-state index is 0.211. The van der Waals surface area contributed by atoms with E-state index in [9.17, 15) is 0 Å². The lowest BCUT2D eigenvalue weighted by atomic mass is 9.95. The molecular weight excluding hydrogens is 256 g/mol. The normalized spacial score (nSPS) is 13.7. The van der Waals surface area contributed by atoms with Crippen LogP contribution in [0.2, 0.25) is 0 Å². The summed E-state index contributed by atoms with van der Waals surface area (Å²) in [5, 5.41) is 12.3. The van der Waals surface area contributed by atoms with E-state index in [-0.39, 0.29) is 11.5 Å². The molecule has 1 atom stereocenters. The molecule has 0 saturated heterocycles. The Hall–Kier alpha value is -0.420. The number of aliphatic hydroxyl groups excluding tert-OH is 1. The highest BCUT2D eigenvalue weighted by Crippen LogP contribution is 2.32. The van der Waals surface area contributed by atoms with Crippen molar-refractivity contribution in [2.75, 3.05) is 19.7 Å². The number of aliphatic hydroxyl groups is 1. The molecule has 4 heteroatoms. The summed E-state index contributed by atoms with van der Waals surface area (Å²) in [6, 6.07) is 4.68. The van der Waals surface area contributed by atoms with E-state index in [0.717, 1.165) is 25.8 Å². The number of rotatable bonds is 8. The van der Waals surface area contributed by atoms with Crippen LogP contribution in [0.1, 0.15) is 55.8 Å². The number of hydrogen-bond donors (Lipinski definition) is 3. The Morgan fingerprint density at radius 2 is 2.00 bits per heavy atom. The third-order valence-electron chi connectivity index (χ3n) is 3.17. The summed E-state index contributed by atoms with van der Waals surface area (Å²) in [5.74, 6) is 0. The average molecular weight is 284 g/mol. The predicted molar refractivity (Wildman–Crippen MR) is 83.8 cm³/mol. The summed E-state index contributed by atoms with van der Waals surface area (Å²) >= 11 is 1.86. The number of unbranched alkanes of at least 4 members (excludes halogenated alkanes) is 2. The van der Waals surface area contributed by atoms with E-state index in [0.29, 0.717) is 13.2 Å². The molecule has 19 heavy (non-hydrogen) atoms. The van der Waals surface area contributed by atoms with Gasteiger partial charge in [0.2, 0.25) is 0 Å². The Balaban J connectivity index is 2.48. The van der Waals surface area contributed by atoms with Crippen LogP contribution in [0.3, 0.4) is 0 Å². The molecule has 1 unspecified atom stereocenters. The third-order valence-corrected chi connectivity index (χ3v) is 4.80. The zero-order valence-electron chi connectivity index (χ0n) is 12.4. The Labute approximate surface area is 121 Å². The van der Waals surface area contributed by atoms with Crippen LogP contribution in [0.25, 0.3) is 0 Å². The van der Waals surface area contributed by atoms with Crippen molar-refractivity contribution in [1.82, 2.24) is 5.32 Å². The molecular formula is C15H28N2OS. The van der Waals surface area contributed by atoms with Gasteiger partial charge in [-0.25, -0.2) is 0 Å². The molecule has 0 fully saturated rings. The minimum Gasteiger partial charge on any atom is -0.396 e. The molecule has 0 aliphatic heterocycles. The highest BCUT2D eigenvalue weighted by atomic mass is 32.1. The van der Waals surface area contributed by atoms with Gasteiger partial charge in [0, 0.05) is 22.9 Å². The topological polar surface area (TPSA) is 58.3 Å². The van der Waals surface area contributed by atoms with Gasteiger partial charge in [0.1, 0.15) is 0 Å². The highest BCUT2D eigenvalue weighted by molar-refractivity contribution is 7.12. The fraction of sp³-hybridized carbons (Fsp3) is 0.733. The van der Waals surface area contributed by atoms with E-state index in [2.05, 4.69) is 38.2 Å². The summed E-state index contributed by atoms with van der Waals surface area (Å²) in [6.45, 7) is 8.60. The second kappa shape index (κ2) is 8.00. The van der Waals surface area contributed by atoms with Crippen molar-refractivity contribution < 1.29 is 5.11 Å². The Morgan fingerprint density at radius 1 is 1.26 bits per heavy atom. The van der Waals surface area contributed by atoms with Gasteiger partial charge in [0.15, 0.2) is 0 Å². The number of nitrogens with one attached hydrogen (secondary N) is 1. The SMILES string of the molecule is CC(C)(C)c1ccc(C(CN)NCCCCCO)s1. The van der Waals surface area contributed by atoms with Crippen LogP contribution < -0.4 is 11.1 Å². The van der Waals surface area contributed by atoms with Crippen LogP contribution in [-0.2, 0) is 5.41 Å². The first-order chi connectivity index (χ1) is 8.99. The number of thiophene rings is 1. The van der Waals surface area contributed by atoms with E-state index >= 15 is 0 Å². The van der Waals surface area contributed by atoms with Crippen molar-refractivity contribution in [1.29, 1.82) is 0 Å². The molecule has 0 saturated carbocycles. The van der Waals surface area contributed by atoms with Gasteiger partial charge >= 0.3 is 0 Å². The second-order valence-electron chi connectivity index (χ2n) is 5.98. The molecule has 1 aromatic rings. The van der Waals surface area contributed by atoms with Gasteiger partial charge in [-0.1, -0.05) is 20.8 Å². The van der Waals surface area contributed by atoms with E-state index in [4.69, 9.17) is 10.8 Å². The monoisotopic (exact) mass is 284 g/mol. The van der Waals surface area contributed by atoms with Crippen molar-refractivity contribution in [2.45, 2.75) is 51.5 Å². The first-order valence-electron chi connectivity index (χ1n) is 7.13. The van der Waals surface area contributed by atoms with Gasteiger partial charge in [0.25, 0.3) is 0 Å². The van der Waals surface area contributed by atoms with Crippen molar-refractivity contribution in [2.24, 2.45) is 5.73 Å². The lowest BCUT2D eigenvalue weighted by Gasteiger charge is -2.17. The molecule has 1 rings (SSSR count). The Morgan fingerprint density at radius 3 is 2.53 bits per heavy atom. The van der Waals surface area contributed by atoms with Crippen LogP contribution in [0.15, 0.2) is 12.1 Å². The molecule has 4 N–H and O–H groups in total. The average Bonchev–Trinajstić information content (AvgIpc) is 2.83. The maximum atomic E-state index is 8.74. The lowest BCUT2D eigenvalue weighted by Crippen LogP contribution is -2.28. The van der Waals surface area contributed by atoms with Gasteiger partial charge in [-0.05, 0) is 43.4 Å². The number of hydrogen-bond acceptors (Lipinski definition) is 4. The lowest BCUT2D eigenvalue weighted by molar-refractivity contribution is 0.282. The van der Waals surface area contributed by atoms with Gasteiger partial charge < -0.3 is 16.2 Å². The van der Waals surface area contributed by atoms with Crippen molar-refractivity contribution >= 4 is 11.3 Å². The molecule has 0 aromatic carbocycles. The molecule has 0 amide bonds. The smallest absolute Gasteiger partial charge is 0.0539 e.